The molecule has 2 amide bonds. The SMILES string of the molecule is CC(=O)NC1C(=O)Nc2c(C)ccc(Cl)c21. The van der Waals surface area contributed by atoms with Crippen LogP contribution in [0.3, 0.4) is 0 Å². The zero-order valence-electron chi connectivity index (χ0n) is 8.93. The zero-order chi connectivity index (χ0) is 11.9. The monoisotopic (exact) mass is 238 g/mol. The number of anilines is 1. The first-order valence-corrected chi connectivity index (χ1v) is 5.25. The zero-order valence-corrected chi connectivity index (χ0v) is 9.68. The van der Waals surface area contributed by atoms with Crippen molar-refractivity contribution in [3.05, 3.63) is 28.3 Å². The Morgan fingerprint density at radius 2 is 2.19 bits per heavy atom. The van der Waals surface area contributed by atoms with Gasteiger partial charge in [-0.3, -0.25) is 9.59 Å². The van der Waals surface area contributed by atoms with Crippen LogP contribution in [0.2, 0.25) is 5.02 Å². The van der Waals surface area contributed by atoms with E-state index in [1.807, 2.05) is 13.0 Å². The molecule has 1 aromatic carbocycles. The lowest BCUT2D eigenvalue weighted by Crippen LogP contribution is -2.31. The van der Waals surface area contributed by atoms with E-state index < -0.39 is 6.04 Å². The first-order valence-electron chi connectivity index (χ1n) is 4.87. The second-order valence-corrected chi connectivity index (χ2v) is 4.18. The summed E-state index contributed by atoms with van der Waals surface area (Å²) in [7, 11) is 0. The van der Waals surface area contributed by atoms with Crippen LogP contribution in [0.25, 0.3) is 0 Å². The van der Waals surface area contributed by atoms with Crippen molar-refractivity contribution < 1.29 is 9.59 Å². The van der Waals surface area contributed by atoms with E-state index in [1.165, 1.54) is 6.92 Å². The summed E-state index contributed by atoms with van der Waals surface area (Å²) in [5.41, 5.74) is 2.29. The van der Waals surface area contributed by atoms with Crippen LogP contribution in [0.1, 0.15) is 24.1 Å². The summed E-state index contributed by atoms with van der Waals surface area (Å²) in [6.45, 7) is 3.25. The number of halogens is 1. The Kier molecular flexibility index (Phi) is 2.59. The molecule has 0 fully saturated rings. The molecule has 0 saturated heterocycles. The molecule has 2 N–H and O–H groups in total. The maximum absolute atomic E-state index is 11.7. The Morgan fingerprint density at radius 3 is 2.81 bits per heavy atom. The molecule has 0 aliphatic carbocycles. The van der Waals surface area contributed by atoms with E-state index in [2.05, 4.69) is 10.6 Å². The van der Waals surface area contributed by atoms with E-state index >= 15 is 0 Å². The van der Waals surface area contributed by atoms with Gasteiger partial charge in [0.1, 0.15) is 6.04 Å². The van der Waals surface area contributed by atoms with E-state index in [-0.39, 0.29) is 11.8 Å². The van der Waals surface area contributed by atoms with Crippen molar-refractivity contribution >= 4 is 29.1 Å². The smallest absolute Gasteiger partial charge is 0.251 e. The third-order valence-corrected chi connectivity index (χ3v) is 2.88. The third-order valence-electron chi connectivity index (χ3n) is 2.55. The fourth-order valence-electron chi connectivity index (χ4n) is 1.82. The summed E-state index contributed by atoms with van der Waals surface area (Å²) in [6, 6.07) is 2.88. The number of rotatable bonds is 1. The van der Waals surface area contributed by atoms with Crippen molar-refractivity contribution in [1.82, 2.24) is 5.32 Å². The number of benzene rings is 1. The highest BCUT2D eigenvalue weighted by atomic mass is 35.5. The van der Waals surface area contributed by atoms with Gasteiger partial charge in [0.2, 0.25) is 5.91 Å². The summed E-state index contributed by atoms with van der Waals surface area (Å²) in [4.78, 5) is 22.7. The van der Waals surface area contributed by atoms with Gasteiger partial charge in [-0.2, -0.15) is 0 Å². The summed E-state index contributed by atoms with van der Waals surface area (Å²) in [6.07, 6.45) is 0. The Hall–Kier alpha value is -1.55. The molecule has 0 saturated carbocycles. The average Bonchev–Trinajstić information content (AvgIpc) is 2.51. The molecule has 5 heteroatoms. The molecule has 1 heterocycles. The van der Waals surface area contributed by atoms with Gasteiger partial charge in [0, 0.05) is 17.5 Å². The number of fused-ring (bicyclic) bond motifs is 1. The number of carbonyl (C=O) groups is 2. The number of hydrogen-bond donors (Lipinski definition) is 2. The number of nitrogens with one attached hydrogen (secondary N) is 2. The molecule has 0 radical (unpaired) electrons. The molecular formula is C11H11ClN2O2. The number of hydrogen-bond acceptors (Lipinski definition) is 2. The quantitative estimate of drug-likeness (QED) is 0.784. The van der Waals surface area contributed by atoms with Crippen molar-refractivity contribution in [1.29, 1.82) is 0 Å². The minimum absolute atomic E-state index is 0.249. The van der Waals surface area contributed by atoms with Gasteiger partial charge in [0.05, 0.1) is 5.69 Å². The Balaban J connectivity index is 2.51. The Labute approximate surface area is 98.0 Å². The largest absolute Gasteiger partial charge is 0.341 e. The van der Waals surface area contributed by atoms with Gasteiger partial charge >= 0.3 is 0 Å². The predicted octanol–water partition coefficient (Wildman–Crippen LogP) is 1.78. The van der Waals surface area contributed by atoms with E-state index in [9.17, 15) is 9.59 Å². The van der Waals surface area contributed by atoms with Gasteiger partial charge in [0.25, 0.3) is 5.91 Å². The molecule has 1 aliphatic heterocycles. The maximum Gasteiger partial charge on any atom is 0.251 e. The normalized spacial score (nSPS) is 17.9. The lowest BCUT2D eigenvalue weighted by Gasteiger charge is -2.11. The van der Waals surface area contributed by atoms with Crippen molar-refractivity contribution in [2.45, 2.75) is 19.9 Å². The van der Waals surface area contributed by atoms with Crippen molar-refractivity contribution in [3.8, 4) is 0 Å². The van der Waals surface area contributed by atoms with Gasteiger partial charge in [0.15, 0.2) is 0 Å². The lowest BCUT2D eigenvalue weighted by molar-refractivity contribution is -0.124. The number of aryl methyl sites for hydroxylation is 1. The molecule has 16 heavy (non-hydrogen) atoms. The minimum atomic E-state index is -0.681. The summed E-state index contributed by atoms with van der Waals surface area (Å²) >= 11 is 6.04. The van der Waals surface area contributed by atoms with Crippen molar-refractivity contribution in [2.24, 2.45) is 0 Å². The molecule has 84 valence electrons. The summed E-state index contributed by atoms with van der Waals surface area (Å²) < 4.78 is 0. The van der Waals surface area contributed by atoms with Gasteiger partial charge in [-0.25, -0.2) is 0 Å². The van der Waals surface area contributed by atoms with Crippen LogP contribution < -0.4 is 10.6 Å². The van der Waals surface area contributed by atoms with Crippen LogP contribution in [0.5, 0.6) is 0 Å². The van der Waals surface area contributed by atoms with Crippen LogP contribution in [0.15, 0.2) is 12.1 Å². The van der Waals surface area contributed by atoms with E-state index in [4.69, 9.17) is 11.6 Å². The van der Waals surface area contributed by atoms with E-state index in [0.29, 0.717) is 16.3 Å². The summed E-state index contributed by atoms with van der Waals surface area (Å²) in [5.74, 6) is -0.507. The predicted molar refractivity (Wildman–Crippen MR) is 61.4 cm³/mol. The van der Waals surface area contributed by atoms with Gasteiger partial charge < -0.3 is 10.6 Å². The molecule has 0 aromatic heterocycles. The molecular weight excluding hydrogens is 228 g/mol. The molecule has 2 rings (SSSR count). The van der Waals surface area contributed by atoms with Gasteiger partial charge in [-0.05, 0) is 18.6 Å². The molecule has 1 aromatic rings. The topological polar surface area (TPSA) is 58.2 Å². The maximum atomic E-state index is 11.7. The fraction of sp³-hybridized carbons (Fsp3) is 0.273. The van der Waals surface area contributed by atoms with Crippen molar-refractivity contribution in [2.75, 3.05) is 5.32 Å². The first kappa shape index (κ1) is 11.0. The molecule has 4 nitrogen and oxygen atoms in total. The van der Waals surface area contributed by atoms with Crippen LogP contribution in [-0.4, -0.2) is 11.8 Å². The minimum Gasteiger partial charge on any atom is -0.341 e. The Morgan fingerprint density at radius 1 is 1.50 bits per heavy atom. The highest BCUT2D eigenvalue weighted by Gasteiger charge is 2.34. The molecule has 1 atom stereocenters. The highest BCUT2D eigenvalue weighted by molar-refractivity contribution is 6.33. The average molecular weight is 239 g/mol. The van der Waals surface area contributed by atoms with Crippen LogP contribution in [-0.2, 0) is 9.59 Å². The fourth-order valence-corrected chi connectivity index (χ4v) is 2.09. The molecule has 1 aliphatic rings. The van der Waals surface area contributed by atoms with E-state index in [1.54, 1.807) is 6.07 Å². The van der Waals surface area contributed by atoms with E-state index in [0.717, 1.165) is 5.56 Å². The second kappa shape index (κ2) is 3.79. The number of amides is 2. The number of carbonyl (C=O) groups excluding carboxylic acids is 2. The second-order valence-electron chi connectivity index (χ2n) is 3.78. The van der Waals surface area contributed by atoms with Crippen LogP contribution in [0, 0.1) is 6.92 Å². The standard InChI is InChI=1S/C11H11ClN2O2/c1-5-3-4-7(12)8-9(5)14-11(16)10(8)13-6(2)15/h3-4,10H,1-2H3,(H,13,15)(H,14,16). The third kappa shape index (κ3) is 1.65. The molecule has 1 unspecified atom stereocenters. The lowest BCUT2D eigenvalue weighted by atomic mass is 10.0. The van der Waals surface area contributed by atoms with Crippen molar-refractivity contribution in [3.63, 3.8) is 0 Å². The first-order chi connectivity index (χ1) is 7.50. The van der Waals surface area contributed by atoms with Crippen LogP contribution in [0.4, 0.5) is 5.69 Å². The molecule has 0 spiro atoms. The van der Waals surface area contributed by atoms with Crippen LogP contribution >= 0.6 is 11.6 Å². The van der Waals surface area contributed by atoms with Gasteiger partial charge in [-0.15, -0.1) is 0 Å². The molecule has 0 bridgehead atoms. The highest BCUT2D eigenvalue weighted by Crippen LogP contribution is 2.38. The van der Waals surface area contributed by atoms with Gasteiger partial charge in [-0.1, -0.05) is 17.7 Å². The summed E-state index contributed by atoms with van der Waals surface area (Å²) in [5, 5.41) is 5.79. The Bertz CT molecular complexity index is 485.